The Morgan fingerprint density at radius 1 is 1.22 bits per heavy atom. The largest absolute Gasteiger partial charge is 0.385 e. The maximum absolute atomic E-state index is 14.5. The number of methoxy groups -OCH3 is 1. The molecule has 204 valence electrons. The van der Waals surface area contributed by atoms with Gasteiger partial charge in [-0.3, -0.25) is 0 Å². The minimum Gasteiger partial charge on any atom is -0.385 e. The molecule has 2 fully saturated rings. The summed E-state index contributed by atoms with van der Waals surface area (Å²) < 4.78 is 19.7. The molecule has 3 atom stereocenters. The van der Waals surface area contributed by atoms with Gasteiger partial charge in [-0.15, -0.1) is 0 Å². The van der Waals surface area contributed by atoms with E-state index in [0.717, 1.165) is 38.6 Å². The lowest BCUT2D eigenvalue weighted by Gasteiger charge is -2.43. The SMILES string of the molecule is CNCC(CC1CCCCC1)NC(=O)N1CCC[C@@H]([C@@](O)(CCCCOC)c2ccc(C)c(F)c2)C1. The van der Waals surface area contributed by atoms with E-state index < -0.39 is 5.60 Å². The summed E-state index contributed by atoms with van der Waals surface area (Å²) in [6.07, 6.45) is 11.2. The number of unbranched alkanes of at least 4 members (excludes halogenated alkanes) is 1. The lowest BCUT2D eigenvalue weighted by molar-refractivity contribution is -0.0566. The fourth-order valence-electron chi connectivity index (χ4n) is 6.17. The molecular formula is C29H48FN3O3. The number of halogens is 1. The van der Waals surface area contributed by atoms with E-state index >= 15 is 0 Å². The van der Waals surface area contributed by atoms with Gasteiger partial charge >= 0.3 is 6.03 Å². The number of piperidine rings is 1. The van der Waals surface area contributed by atoms with Crippen LogP contribution in [0.3, 0.4) is 0 Å². The summed E-state index contributed by atoms with van der Waals surface area (Å²) in [4.78, 5) is 15.2. The van der Waals surface area contributed by atoms with Crippen LogP contribution >= 0.6 is 0 Å². The topological polar surface area (TPSA) is 73.8 Å². The number of amides is 2. The zero-order valence-electron chi connectivity index (χ0n) is 22.7. The van der Waals surface area contributed by atoms with E-state index in [-0.39, 0.29) is 23.8 Å². The standard InChI is InChI=1S/C29H48FN3O3/c1-22-13-14-24(19-27(22)30)29(35,15-7-8-17-36-3)25-12-9-16-33(21-25)28(34)32-26(20-31-2)18-23-10-5-4-6-11-23/h13-14,19,23,25-26,31,35H,4-12,15-18,20-21H2,1-3H3,(H,32,34)/t25-,26?,29-/m1/s1. The normalized spacial score (nSPS) is 21.7. The summed E-state index contributed by atoms with van der Waals surface area (Å²) in [6.45, 7) is 4.27. The van der Waals surface area contributed by atoms with Gasteiger partial charge in [0.2, 0.25) is 0 Å². The number of urea groups is 1. The average Bonchev–Trinajstić information content (AvgIpc) is 2.89. The maximum Gasteiger partial charge on any atom is 0.317 e. The maximum atomic E-state index is 14.5. The molecular weight excluding hydrogens is 457 g/mol. The lowest BCUT2D eigenvalue weighted by atomic mass is 9.74. The Morgan fingerprint density at radius 3 is 2.69 bits per heavy atom. The molecule has 1 unspecified atom stereocenters. The van der Waals surface area contributed by atoms with Crippen LogP contribution in [0.1, 0.15) is 81.8 Å². The van der Waals surface area contributed by atoms with E-state index in [0.29, 0.717) is 43.2 Å². The first-order valence-corrected chi connectivity index (χ1v) is 14.0. The Balaban J connectivity index is 1.70. The first kappa shape index (κ1) is 28.9. The molecule has 36 heavy (non-hydrogen) atoms. The number of rotatable bonds is 12. The number of aryl methyl sites for hydroxylation is 1. The van der Waals surface area contributed by atoms with Gasteiger partial charge in [0, 0.05) is 45.3 Å². The molecule has 2 amide bonds. The second-order valence-electron chi connectivity index (χ2n) is 11.1. The van der Waals surface area contributed by atoms with Crippen molar-refractivity contribution in [1.29, 1.82) is 0 Å². The number of ether oxygens (including phenoxy) is 1. The number of likely N-dealkylation sites (N-methyl/N-ethyl adjacent to an activating group) is 1. The van der Waals surface area contributed by atoms with Crippen molar-refractivity contribution in [1.82, 2.24) is 15.5 Å². The van der Waals surface area contributed by atoms with Crippen molar-refractivity contribution in [2.45, 2.75) is 89.2 Å². The molecule has 3 N–H and O–H groups in total. The summed E-state index contributed by atoms with van der Waals surface area (Å²) in [5.41, 5.74) is -0.00689. The number of carbonyl (C=O) groups is 1. The lowest BCUT2D eigenvalue weighted by Crippen LogP contribution is -2.54. The molecule has 0 spiro atoms. The Hall–Kier alpha value is -1.70. The van der Waals surface area contributed by atoms with E-state index in [9.17, 15) is 14.3 Å². The highest BCUT2D eigenvalue weighted by molar-refractivity contribution is 5.74. The van der Waals surface area contributed by atoms with Crippen molar-refractivity contribution in [3.05, 3.63) is 35.1 Å². The minimum absolute atomic E-state index is 0.0485. The van der Waals surface area contributed by atoms with Crippen LogP contribution in [0.5, 0.6) is 0 Å². The van der Waals surface area contributed by atoms with Crippen LogP contribution in [0.25, 0.3) is 0 Å². The van der Waals surface area contributed by atoms with E-state index in [1.54, 1.807) is 20.1 Å². The molecule has 0 bridgehead atoms. The first-order chi connectivity index (χ1) is 17.4. The van der Waals surface area contributed by atoms with Gasteiger partial charge in [0.15, 0.2) is 0 Å². The third-order valence-corrected chi connectivity index (χ3v) is 8.33. The van der Waals surface area contributed by atoms with Gasteiger partial charge in [-0.2, -0.15) is 0 Å². The summed E-state index contributed by atoms with van der Waals surface area (Å²) in [6, 6.07) is 5.13. The van der Waals surface area contributed by atoms with Crippen LogP contribution in [0.2, 0.25) is 0 Å². The molecule has 1 saturated heterocycles. The fourth-order valence-corrected chi connectivity index (χ4v) is 6.17. The molecule has 0 radical (unpaired) electrons. The molecule has 3 rings (SSSR count). The number of nitrogens with one attached hydrogen (secondary N) is 2. The predicted molar refractivity (Wildman–Crippen MR) is 142 cm³/mol. The Morgan fingerprint density at radius 2 is 2.00 bits per heavy atom. The Labute approximate surface area is 217 Å². The number of hydrogen-bond donors (Lipinski definition) is 3. The van der Waals surface area contributed by atoms with Crippen molar-refractivity contribution >= 4 is 6.03 Å². The van der Waals surface area contributed by atoms with Crippen LogP contribution in [-0.2, 0) is 10.3 Å². The number of benzene rings is 1. The number of aliphatic hydroxyl groups is 1. The number of likely N-dealkylation sites (tertiary alicyclic amines) is 1. The third kappa shape index (κ3) is 7.90. The van der Waals surface area contributed by atoms with Crippen molar-refractivity contribution < 1.29 is 19.0 Å². The second-order valence-corrected chi connectivity index (χ2v) is 11.1. The Kier molecular flexibility index (Phi) is 11.5. The summed E-state index contributed by atoms with van der Waals surface area (Å²) in [7, 11) is 3.61. The molecule has 1 aliphatic heterocycles. The molecule has 1 heterocycles. The highest BCUT2D eigenvalue weighted by atomic mass is 19.1. The van der Waals surface area contributed by atoms with Crippen LogP contribution in [0.15, 0.2) is 18.2 Å². The van der Waals surface area contributed by atoms with Crippen molar-refractivity contribution in [2.75, 3.05) is 40.4 Å². The molecule has 0 aromatic heterocycles. The summed E-state index contributed by atoms with van der Waals surface area (Å²) in [5.74, 6) is 0.230. The molecule has 1 aromatic carbocycles. The molecule has 1 aromatic rings. The van der Waals surface area contributed by atoms with E-state index in [4.69, 9.17) is 4.74 Å². The number of nitrogens with zero attached hydrogens (tertiary/aromatic N) is 1. The third-order valence-electron chi connectivity index (χ3n) is 8.33. The molecule has 1 aliphatic carbocycles. The van der Waals surface area contributed by atoms with E-state index in [1.807, 2.05) is 18.0 Å². The van der Waals surface area contributed by atoms with Crippen molar-refractivity contribution in [3.63, 3.8) is 0 Å². The fraction of sp³-hybridized carbons (Fsp3) is 0.759. The number of hydrogen-bond acceptors (Lipinski definition) is 4. The molecule has 1 saturated carbocycles. The highest BCUT2D eigenvalue weighted by Crippen LogP contribution is 2.40. The average molecular weight is 506 g/mol. The van der Waals surface area contributed by atoms with E-state index in [2.05, 4.69) is 10.6 Å². The van der Waals surface area contributed by atoms with Gasteiger partial charge in [-0.25, -0.2) is 9.18 Å². The van der Waals surface area contributed by atoms with Crippen LogP contribution in [0, 0.1) is 24.6 Å². The quantitative estimate of drug-likeness (QED) is 0.345. The van der Waals surface area contributed by atoms with Gasteiger partial charge in [0.05, 0.1) is 5.60 Å². The minimum atomic E-state index is -1.19. The van der Waals surface area contributed by atoms with Crippen molar-refractivity contribution in [3.8, 4) is 0 Å². The first-order valence-electron chi connectivity index (χ1n) is 14.0. The van der Waals surface area contributed by atoms with Crippen LogP contribution in [-0.4, -0.2) is 62.5 Å². The van der Waals surface area contributed by atoms with Gasteiger partial charge in [-0.1, -0.05) is 44.2 Å². The van der Waals surface area contributed by atoms with Gasteiger partial charge in [0.1, 0.15) is 5.82 Å². The zero-order valence-corrected chi connectivity index (χ0v) is 22.7. The molecule has 7 heteroatoms. The second kappa shape index (κ2) is 14.3. The highest BCUT2D eigenvalue weighted by Gasteiger charge is 2.41. The molecule has 6 nitrogen and oxygen atoms in total. The van der Waals surface area contributed by atoms with Crippen LogP contribution in [0.4, 0.5) is 9.18 Å². The zero-order chi connectivity index (χ0) is 26.0. The van der Waals surface area contributed by atoms with Gasteiger partial charge < -0.3 is 25.4 Å². The Bertz CT molecular complexity index is 817. The van der Waals surface area contributed by atoms with E-state index in [1.165, 1.54) is 38.2 Å². The van der Waals surface area contributed by atoms with Crippen LogP contribution < -0.4 is 10.6 Å². The van der Waals surface area contributed by atoms with Gasteiger partial charge in [-0.05, 0) is 75.6 Å². The monoisotopic (exact) mass is 505 g/mol. The van der Waals surface area contributed by atoms with Gasteiger partial charge in [0.25, 0.3) is 0 Å². The number of carbonyl (C=O) groups excluding carboxylic acids is 1. The summed E-state index contributed by atoms with van der Waals surface area (Å²) in [5, 5.41) is 18.6. The van der Waals surface area contributed by atoms with Crippen molar-refractivity contribution in [2.24, 2.45) is 11.8 Å². The summed E-state index contributed by atoms with van der Waals surface area (Å²) >= 11 is 0. The molecule has 2 aliphatic rings. The smallest absolute Gasteiger partial charge is 0.317 e. The predicted octanol–water partition coefficient (Wildman–Crippen LogP) is 5.12.